The second kappa shape index (κ2) is 8.51. The van der Waals surface area contributed by atoms with Crippen molar-refractivity contribution in [3.8, 4) is 6.07 Å². The van der Waals surface area contributed by atoms with Crippen LogP contribution in [0.4, 0.5) is 0 Å². The van der Waals surface area contributed by atoms with Crippen LogP contribution in [0.25, 0.3) is 0 Å². The third kappa shape index (κ3) is 8.51. The molecule has 58 valence electrons. The summed E-state index contributed by atoms with van der Waals surface area (Å²) in [5.74, 6) is 0. The Bertz CT molecular complexity index is 196. The van der Waals surface area contributed by atoms with Gasteiger partial charge < -0.3 is 4.74 Å². The summed E-state index contributed by atoms with van der Waals surface area (Å²) >= 11 is 0. The van der Waals surface area contributed by atoms with Gasteiger partial charge in [0.2, 0.25) is 0 Å². The van der Waals surface area contributed by atoms with Crippen molar-refractivity contribution in [2.24, 2.45) is 0 Å². The van der Waals surface area contributed by atoms with E-state index in [4.69, 9.17) is 10.00 Å². The molecule has 0 amide bonds. The van der Waals surface area contributed by atoms with E-state index in [1.165, 1.54) is 6.08 Å². The highest BCUT2D eigenvalue weighted by Crippen LogP contribution is 1.81. The van der Waals surface area contributed by atoms with E-state index < -0.39 is 0 Å². The van der Waals surface area contributed by atoms with Gasteiger partial charge in [0.1, 0.15) is 0 Å². The van der Waals surface area contributed by atoms with Gasteiger partial charge in [-0.2, -0.15) is 5.26 Å². The molecule has 0 atom stereocenters. The van der Waals surface area contributed by atoms with Gasteiger partial charge in [-0.05, 0) is 13.0 Å². The molecule has 0 bridgehead atoms. The van der Waals surface area contributed by atoms with Crippen LogP contribution in [-0.4, -0.2) is 6.61 Å². The first kappa shape index (κ1) is 9.51. The van der Waals surface area contributed by atoms with E-state index >= 15 is 0 Å². The number of hydrogen-bond acceptors (Lipinski definition) is 2. The molecule has 0 aliphatic heterocycles. The van der Waals surface area contributed by atoms with Crippen LogP contribution in [0.1, 0.15) is 6.92 Å². The minimum absolute atomic E-state index is 0.679. The molecule has 11 heavy (non-hydrogen) atoms. The van der Waals surface area contributed by atoms with Gasteiger partial charge in [-0.25, -0.2) is 0 Å². The Morgan fingerprint density at radius 3 is 2.64 bits per heavy atom. The van der Waals surface area contributed by atoms with Crippen molar-refractivity contribution >= 4 is 0 Å². The maximum Gasteiger partial charge on any atom is 0.0912 e. The molecule has 0 aliphatic rings. The molecule has 0 radical (unpaired) electrons. The van der Waals surface area contributed by atoms with Crippen molar-refractivity contribution in [3.05, 3.63) is 36.6 Å². The minimum Gasteiger partial charge on any atom is -0.501 e. The summed E-state index contributed by atoms with van der Waals surface area (Å²) in [5.41, 5.74) is 0. The third-order valence-corrected chi connectivity index (χ3v) is 0.846. The molecular weight excluding hydrogens is 138 g/mol. The lowest BCUT2D eigenvalue weighted by atomic mass is 10.4. The highest BCUT2D eigenvalue weighted by molar-refractivity contribution is 5.15. The Morgan fingerprint density at radius 1 is 1.27 bits per heavy atom. The predicted octanol–water partition coefficient (Wildman–Crippen LogP) is 2.17. The third-order valence-electron chi connectivity index (χ3n) is 0.846. The van der Waals surface area contributed by atoms with E-state index in [0.29, 0.717) is 6.61 Å². The van der Waals surface area contributed by atoms with Crippen LogP contribution in [0.5, 0.6) is 0 Å². The van der Waals surface area contributed by atoms with Crippen molar-refractivity contribution in [1.29, 1.82) is 5.26 Å². The molecule has 0 aromatic carbocycles. The maximum absolute atomic E-state index is 8.09. The lowest BCUT2D eigenvalue weighted by Crippen LogP contribution is -1.74. The second-order valence-corrected chi connectivity index (χ2v) is 1.66. The fourth-order valence-corrected chi connectivity index (χ4v) is 0.424. The first-order valence-electron chi connectivity index (χ1n) is 3.41. The topological polar surface area (TPSA) is 33.0 Å². The van der Waals surface area contributed by atoms with Crippen molar-refractivity contribution in [3.63, 3.8) is 0 Å². The van der Waals surface area contributed by atoms with Crippen molar-refractivity contribution in [1.82, 2.24) is 0 Å². The quantitative estimate of drug-likeness (QED) is 0.348. The molecular formula is C9H11NO. The Morgan fingerprint density at radius 2 is 2.00 bits per heavy atom. The molecule has 0 aromatic heterocycles. The summed E-state index contributed by atoms with van der Waals surface area (Å²) in [6.45, 7) is 2.60. The highest BCUT2D eigenvalue weighted by atomic mass is 16.5. The summed E-state index contributed by atoms with van der Waals surface area (Å²) in [4.78, 5) is 0. The Labute approximate surface area is 67.1 Å². The van der Waals surface area contributed by atoms with Gasteiger partial charge in [-0.15, -0.1) is 0 Å². The largest absolute Gasteiger partial charge is 0.501 e. The summed E-state index contributed by atoms with van der Waals surface area (Å²) < 4.78 is 4.92. The fourth-order valence-electron chi connectivity index (χ4n) is 0.424. The zero-order chi connectivity index (χ0) is 8.36. The molecule has 0 N–H and O–H groups in total. The Kier molecular flexibility index (Phi) is 7.36. The molecule has 0 heterocycles. The minimum atomic E-state index is 0.679. The van der Waals surface area contributed by atoms with Crippen molar-refractivity contribution in [2.75, 3.05) is 6.61 Å². The smallest absolute Gasteiger partial charge is 0.0912 e. The second-order valence-electron chi connectivity index (χ2n) is 1.66. The van der Waals surface area contributed by atoms with Gasteiger partial charge in [0.05, 0.1) is 18.9 Å². The molecule has 2 heteroatoms. The van der Waals surface area contributed by atoms with E-state index in [2.05, 4.69) is 0 Å². The number of hydrogen-bond donors (Lipinski definition) is 0. The van der Waals surface area contributed by atoms with Gasteiger partial charge >= 0.3 is 0 Å². The molecule has 2 nitrogen and oxygen atoms in total. The van der Waals surface area contributed by atoms with Crippen molar-refractivity contribution in [2.45, 2.75) is 6.92 Å². The zero-order valence-electron chi connectivity index (χ0n) is 6.53. The number of nitriles is 1. The van der Waals surface area contributed by atoms with E-state index in [0.717, 1.165) is 0 Å². The average Bonchev–Trinajstić information content (AvgIpc) is 2.03. The molecule has 0 spiro atoms. The molecule has 0 saturated heterocycles. The van der Waals surface area contributed by atoms with E-state index in [1.807, 2.05) is 13.0 Å². The average molecular weight is 149 g/mol. The summed E-state index contributed by atoms with van der Waals surface area (Å²) in [6.07, 6.45) is 10.0. The first-order chi connectivity index (χ1) is 5.41. The molecule has 0 saturated carbocycles. The molecule has 0 unspecified atom stereocenters. The lowest BCUT2D eigenvalue weighted by Gasteiger charge is -1.87. The van der Waals surface area contributed by atoms with E-state index in [1.54, 1.807) is 30.6 Å². The first-order valence-corrected chi connectivity index (χ1v) is 3.41. The van der Waals surface area contributed by atoms with Gasteiger partial charge in [0.15, 0.2) is 0 Å². The van der Waals surface area contributed by atoms with Crippen LogP contribution >= 0.6 is 0 Å². The molecule has 0 fully saturated rings. The molecule has 0 aliphatic carbocycles. The van der Waals surface area contributed by atoms with Gasteiger partial charge in [-0.1, -0.05) is 18.2 Å². The van der Waals surface area contributed by atoms with Crippen LogP contribution in [0.15, 0.2) is 36.6 Å². The van der Waals surface area contributed by atoms with Crippen LogP contribution in [0.3, 0.4) is 0 Å². The zero-order valence-corrected chi connectivity index (χ0v) is 6.53. The number of rotatable bonds is 4. The fraction of sp³-hybridized carbons (Fsp3) is 0.222. The number of ether oxygens (including phenoxy) is 1. The highest BCUT2D eigenvalue weighted by Gasteiger charge is 1.65. The van der Waals surface area contributed by atoms with Gasteiger partial charge in [0, 0.05) is 6.08 Å². The lowest BCUT2D eigenvalue weighted by molar-refractivity contribution is 0.269. The van der Waals surface area contributed by atoms with Crippen LogP contribution < -0.4 is 0 Å². The van der Waals surface area contributed by atoms with E-state index in [-0.39, 0.29) is 0 Å². The molecule has 0 aromatic rings. The Balaban J connectivity index is 3.45. The normalized spacial score (nSPS) is 11.3. The van der Waals surface area contributed by atoms with Gasteiger partial charge in [-0.3, -0.25) is 0 Å². The monoisotopic (exact) mass is 149 g/mol. The number of allylic oxidation sites excluding steroid dienone is 5. The predicted molar refractivity (Wildman–Crippen MR) is 44.7 cm³/mol. The maximum atomic E-state index is 8.09. The van der Waals surface area contributed by atoms with Gasteiger partial charge in [0.25, 0.3) is 0 Å². The van der Waals surface area contributed by atoms with Crippen LogP contribution in [-0.2, 0) is 4.74 Å². The van der Waals surface area contributed by atoms with Crippen molar-refractivity contribution < 1.29 is 4.74 Å². The molecule has 0 rings (SSSR count). The Hall–Kier alpha value is -1.49. The van der Waals surface area contributed by atoms with E-state index in [9.17, 15) is 0 Å². The number of nitrogens with zero attached hydrogens (tertiary/aromatic N) is 1. The standard InChI is InChI=1S/C9H11NO/c1-2-11-9-7-5-3-4-6-8-10/h3-7,9H,2H2,1H3/b5-3-,6-4-,9-7-. The van der Waals surface area contributed by atoms with Crippen LogP contribution in [0, 0.1) is 11.3 Å². The van der Waals surface area contributed by atoms with Crippen LogP contribution in [0.2, 0.25) is 0 Å². The summed E-state index contributed by atoms with van der Waals surface area (Å²) in [6, 6.07) is 1.88. The summed E-state index contributed by atoms with van der Waals surface area (Å²) in [7, 11) is 0. The summed E-state index contributed by atoms with van der Waals surface area (Å²) in [5, 5.41) is 8.09. The SMILES string of the molecule is CCO\C=C/C=C\C=C/C#N.